The van der Waals surface area contributed by atoms with Crippen molar-refractivity contribution in [2.45, 2.75) is 51.6 Å². The van der Waals surface area contributed by atoms with E-state index < -0.39 is 10.0 Å². The van der Waals surface area contributed by atoms with Crippen LogP contribution in [0, 0.1) is 19.8 Å². The highest BCUT2D eigenvalue weighted by Crippen LogP contribution is 2.31. The maximum atomic E-state index is 14.3. The lowest BCUT2D eigenvalue weighted by molar-refractivity contribution is -0.944. The molecule has 0 spiro atoms. The predicted octanol–water partition coefficient (Wildman–Crippen LogP) is 5.25. The SMILES string of the molecule is CC[N+]1(Cc2cc(C)cc(C)c2)CCC(CN(Cc2ccc3ccccc3c2)S(=O)(=O)c2ccc3ccccc3c2)CC1.[Br-]. The summed E-state index contributed by atoms with van der Waals surface area (Å²) in [5.41, 5.74) is 5.08. The third-order valence-electron chi connectivity index (χ3n) is 9.49. The minimum absolute atomic E-state index is 0. The fourth-order valence-electron chi connectivity index (χ4n) is 7.04. The van der Waals surface area contributed by atoms with Crippen LogP contribution in [0.5, 0.6) is 0 Å². The Morgan fingerprint density at radius 3 is 1.89 bits per heavy atom. The molecule has 5 aromatic rings. The monoisotopic (exact) mass is 670 g/mol. The minimum Gasteiger partial charge on any atom is -1.00 e. The van der Waals surface area contributed by atoms with Gasteiger partial charge in [0.1, 0.15) is 6.54 Å². The third-order valence-corrected chi connectivity index (χ3v) is 11.3. The molecule has 0 bridgehead atoms. The number of nitrogens with zero attached hydrogens (tertiary/aromatic N) is 2. The minimum atomic E-state index is -3.71. The zero-order valence-corrected chi connectivity index (χ0v) is 28.4. The fraction of sp³-hybridized carbons (Fsp3) is 0.316. The molecule has 4 nitrogen and oxygen atoms in total. The van der Waals surface area contributed by atoms with E-state index in [-0.39, 0.29) is 17.0 Å². The number of fused-ring (bicyclic) bond motifs is 2. The topological polar surface area (TPSA) is 37.4 Å². The molecule has 0 atom stereocenters. The summed E-state index contributed by atoms with van der Waals surface area (Å²) in [6, 6.07) is 35.0. The van der Waals surface area contributed by atoms with Crippen LogP contribution < -0.4 is 17.0 Å². The molecule has 1 aliphatic rings. The Kier molecular flexibility index (Phi) is 9.96. The van der Waals surface area contributed by atoms with Crippen LogP contribution in [0.25, 0.3) is 21.5 Å². The highest BCUT2D eigenvalue weighted by atomic mass is 79.9. The molecule has 5 aromatic carbocycles. The van der Waals surface area contributed by atoms with Crippen molar-refractivity contribution in [2.24, 2.45) is 5.92 Å². The Labute approximate surface area is 273 Å². The van der Waals surface area contributed by atoms with Gasteiger partial charge in [-0.15, -0.1) is 0 Å². The van der Waals surface area contributed by atoms with Crippen LogP contribution in [-0.2, 0) is 23.1 Å². The van der Waals surface area contributed by atoms with Crippen molar-refractivity contribution in [1.82, 2.24) is 4.31 Å². The molecule has 0 unspecified atom stereocenters. The zero-order valence-electron chi connectivity index (χ0n) is 26.0. The van der Waals surface area contributed by atoms with Crippen LogP contribution in [0.3, 0.4) is 0 Å². The number of hydrogen-bond acceptors (Lipinski definition) is 2. The Bertz CT molecular complexity index is 1840. The first kappa shape index (κ1) is 32.4. The first-order valence-corrected chi connectivity index (χ1v) is 17.1. The van der Waals surface area contributed by atoms with Gasteiger partial charge in [0, 0.05) is 31.5 Å². The van der Waals surface area contributed by atoms with E-state index in [1.165, 1.54) is 22.1 Å². The Hall–Kier alpha value is -3.03. The van der Waals surface area contributed by atoms with E-state index >= 15 is 0 Å². The first-order valence-electron chi connectivity index (χ1n) is 15.6. The van der Waals surface area contributed by atoms with Gasteiger partial charge in [-0.1, -0.05) is 96.1 Å². The van der Waals surface area contributed by atoms with E-state index in [1.807, 2.05) is 48.5 Å². The molecule has 0 N–H and O–H groups in total. The van der Waals surface area contributed by atoms with E-state index in [9.17, 15) is 8.42 Å². The summed E-state index contributed by atoms with van der Waals surface area (Å²) in [6.45, 7) is 11.9. The molecule has 0 aliphatic carbocycles. The standard InChI is InChI=1S/C38H43N2O2S.BrH/c1-4-40(28-33-22-29(2)21-30(3)23-33)19-17-31(18-20-40)26-39(27-32-13-14-34-9-5-7-11-36(34)24-32)43(41,42)38-16-15-35-10-6-8-12-37(35)25-38;/h5-16,21-25,31H,4,17-20,26-28H2,1-3H3;1H/q+1;/p-1. The summed E-state index contributed by atoms with van der Waals surface area (Å²) in [4.78, 5) is 0.372. The Morgan fingerprint density at radius 2 is 1.27 bits per heavy atom. The second-order valence-corrected chi connectivity index (χ2v) is 14.6. The van der Waals surface area contributed by atoms with Crippen molar-refractivity contribution in [3.05, 3.63) is 125 Å². The molecule has 6 rings (SSSR count). The normalized spacial score (nSPS) is 18.9. The van der Waals surface area contributed by atoms with Crippen molar-refractivity contribution >= 4 is 31.6 Å². The highest BCUT2D eigenvalue weighted by molar-refractivity contribution is 7.89. The van der Waals surface area contributed by atoms with Gasteiger partial charge in [-0.3, -0.25) is 0 Å². The molecule has 6 heteroatoms. The lowest BCUT2D eigenvalue weighted by Crippen LogP contribution is -3.00. The molecular weight excluding hydrogens is 628 g/mol. The molecule has 1 heterocycles. The molecule has 0 radical (unpaired) electrons. The maximum Gasteiger partial charge on any atom is 0.243 e. The summed E-state index contributed by atoms with van der Waals surface area (Å²) in [7, 11) is -3.71. The molecular formula is C38H43BrN2O2S. The van der Waals surface area contributed by atoms with Crippen LogP contribution in [0.4, 0.5) is 0 Å². The van der Waals surface area contributed by atoms with Crippen molar-refractivity contribution < 1.29 is 29.9 Å². The number of sulfonamides is 1. The molecule has 1 aliphatic heterocycles. The number of aryl methyl sites for hydroxylation is 2. The number of halogens is 1. The van der Waals surface area contributed by atoms with E-state index in [0.717, 1.165) is 65.2 Å². The number of benzene rings is 5. The molecule has 0 amide bonds. The van der Waals surface area contributed by atoms with Gasteiger partial charge in [-0.2, -0.15) is 4.31 Å². The summed E-state index contributed by atoms with van der Waals surface area (Å²) in [5, 5.41) is 4.30. The summed E-state index contributed by atoms with van der Waals surface area (Å²) in [6.07, 6.45) is 2.06. The van der Waals surface area contributed by atoms with E-state index in [2.05, 4.69) is 69.3 Å². The molecule has 230 valence electrons. The van der Waals surface area contributed by atoms with Gasteiger partial charge < -0.3 is 21.5 Å². The summed E-state index contributed by atoms with van der Waals surface area (Å²) < 4.78 is 31.5. The van der Waals surface area contributed by atoms with Gasteiger partial charge in [0.15, 0.2) is 0 Å². The number of likely N-dealkylation sites (tertiary alicyclic amines) is 1. The number of quaternary nitrogens is 1. The summed E-state index contributed by atoms with van der Waals surface area (Å²) >= 11 is 0. The smallest absolute Gasteiger partial charge is 0.243 e. The number of hydrogen-bond donors (Lipinski definition) is 0. The Balaban J connectivity index is 0.00000384. The largest absolute Gasteiger partial charge is 1.00 e. The van der Waals surface area contributed by atoms with Gasteiger partial charge in [0.2, 0.25) is 10.0 Å². The van der Waals surface area contributed by atoms with Crippen LogP contribution in [0.2, 0.25) is 0 Å². The molecule has 0 aromatic heterocycles. The second kappa shape index (κ2) is 13.5. The lowest BCUT2D eigenvalue weighted by Gasteiger charge is -2.44. The van der Waals surface area contributed by atoms with Crippen LogP contribution in [0.15, 0.2) is 108 Å². The second-order valence-electron chi connectivity index (χ2n) is 12.7. The lowest BCUT2D eigenvalue weighted by atomic mass is 9.93. The van der Waals surface area contributed by atoms with Gasteiger partial charge in [0.05, 0.1) is 24.5 Å². The van der Waals surface area contributed by atoms with Gasteiger partial charge in [-0.05, 0) is 72.0 Å². The molecule has 44 heavy (non-hydrogen) atoms. The van der Waals surface area contributed by atoms with E-state index in [1.54, 1.807) is 10.4 Å². The average molecular weight is 672 g/mol. The first-order chi connectivity index (χ1) is 20.7. The summed E-state index contributed by atoms with van der Waals surface area (Å²) in [5.74, 6) is 0.327. The van der Waals surface area contributed by atoms with Crippen molar-refractivity contribution in [1.29, 1.82) is 0 Å². The molecule has 1 fully saturated rings. The van der Waals surface area contributed by atoms with Crippen molar-refractivity contribution in [3.63, 3.8) is 0 Å². The fourth-order valence-corrected chi connectivity index (χ4v) is 8.58. The van der Waals surface area contributed by atoms with E-state index in [0.29, 0.717) is 23.9 Å². The Morgan fingerprint density at radius 1 is 0.705 bits per heavy atom. The molecule has 0 saturated carbocycles. The van der Waals surface area contributed by atoms with Crippen molar-refractivity contribution in [3.8, 4) is 0 Å². The number of piperidine rings is 1. The van der Waals surface area contributed by atoms with Gasteiger partial charge in [0.25, 0.3) is 0 Å². The predicted molar refractivity (Wildman–Crippen MR) is 178 cm³/mol. The van der Waals surface area contributed by atoms with Gasteiger partial charge in [-0.25, -0.2) is 8.42 Å². The van der Waals surface area contributed by atoms with E-state index in [4.69, 9.17) is 0 Å². The maximum absolute atomic E-state index is 14.3. The zero-order chi connectivity index (χ0) is 30.0. The number of rotatable bonds is 9. The van der Waals surface area contributed by atoms with Crippen LogP contribution in [0.1, 0.15) is 42.0 Å². The van der Waals surface area contributed by atoms with Crippen molar-refractivity contribution in [2.75, 3.05) is 26.2 Å². The molecule has 1 saturated heterocycles. The van der Waals surface area contributed by atoms with Gasteiger partial charge >= 0.3 is 0 Å². The van der Waals surface area contributed by atoms with Crippen LogP contribution >= 0.6 is 0 Å². The quantitative estimate of drug-likeness (QED) is 0.201. The average Bonchev–Trinajstić information content (AvgIpc) is 3.01. The highest BCUT2D eigenvalue weighted by Gasteiger charge is 2.36. The van der Waals surface area contributed by atoms with Crippen LogP contribution in [-0.4, -0.2) is 43.4 Å². The third kappa shape index (κ3) is 7.10.